The van der Waals surface area contributed by atoms with E-state index >= 15 is 0 Å². The van der Waals surface area contributed by atoms with Crippen LogP contribution in [0.25, 0.3) is 0 Å². The maximum Gasteiger partial charge on any atom is 0.251 e. The molecule has 0 unspecified atom stereocenters. The molecule has 1 atom stereocenters. The van der Waals surface area contributed by atoms with Crippen LogP contribution in [0.2, 0.25) is 0 Å². The van der Waals surface area contributed by atoms with Crippen molar-refractivity contribution < 1.29 is 14.3 Å². The molecule has 0 radical (unpaired) electrons. The Kier molecular flexibility index (Phi) is 5.61. The van der Waals surface area contributed by atoms with E-state index in [4.69, 9.17) is 9.47 Å². The molecule has 1 saturated heterocycles. The molecule has 29 heavy (non-hydrogen) atoms. The first-order valence-corrected chi connectivity index (χ1v) is 10.4. The number of morpholine rings is 1. The molecule has 5 heteroatoms. The van der Waals surface area contributed by atoms with Crippen molar-refractivity contribution in [2.75, 3.05) is 26.3 Å². The quantitative estimate of drug-likeness (QED) is 0.856. The third-order valence-corrected chi connectivity index (χ3v) is 5.63. The fraction of sp³-hybridized carbons (Fsp3) is 0.458. The number of carbonyl (C=O) groups excluding carboxylic acids is 1. The van der Waals surface area contributed by atoms with E-state index < -0.39 is 0 Å². The smallest absolute Gasteiger partial charge is 0.251 e. The van der Waals surface area contributed by atoms with Crippen molar-refractivity contribution in [3.8, 4) is 5.75 Å². The number of rotatable bonds is 4. The maximum atomic E-state index is 13.1. The predicted octanol–water partition coefficient (Wildman–Crippen LogP) is 3.86. The summed E-state index contributed by atoms with van der Waals surface area (Å²) in [5.74, 6) is 0.821. The van der Waals surface area contributed by atoms with Gasteiger partial charge >= 0.3 is 0 Å². The number of nitrogens with one attached hydrogen (secondary N) is 1. The molecule has 0 bridgehead atoms. The van der Waals surface area contributed by atoms with E-state index in [1.54, 1.807) is 0 Å². The van der Waals surface area contributed by atoms with Gasteiger partial charge in [0, 0.05) is 37.2 Å². The number of amides is 1. The number of aryl methyl sites for hydroxylation is 1. The molecule has 1 fully saturated rings. The zero-order valence-electron chi connectivity index (χ0n) is 17.5. The van der Waals surface area contributed by atoms with Gasteiger partial charge in [-0.3, -0.25) is 9.69 Å². The lowest BCUT2D eigenvalue weighted by molar-refractivity contribution is 0.0341. The summed E-state index contributed by atoms with van der Waals surface area (Å²) in [5.41, 5.74) is 3.76. The molecule has 2 aliphatic heterocycles. The van der Waals surface area contributed by atoms with Crippen molar-refractivity contribution in [3.63, 3.8) is 0 Å². The van der Waals surface area contributed by atoms with E-state index in [9.17, 15) is 4.79 Å². The maximum absolute atomic E-state index is 13.1. The molecule has 0 spiro atoms. The van der Waals surface area contributed by atoms with E-state index in [2.05, 4.69) is 43.1 Å². The van der Waals surface area contributed by atoms with Crippen LogP contribution in [0.15, 0.2) is 42.5 Å². The Labute approximate surface area is 173 Å². The zero-order chi connectivity index (χ0) is 20.4. The third-order valence-electron chi connectivity index (χ3n) is 5.63. The van der Waals surface area contributed by atoms with Crippen LogP contribution >= 0.6 is 0 Å². The summed E-state index contributed by atoms with van der Waals surface area (Å²) in [7, 11) is 0. The van der Waals surface area contributed by atoms with Crippen LogP contribution in [0.4, 0.5) is 0 Å². The van der Waals surface area contributed by atoms with Crippen molar-refractivity contribution in [3.05, 3.63) is 64.7 Å². The van der Waals surface area contributed by atoms with Crippen molar-refractivity contribution in [2.45, 2.75) is 45.4 Å². The lowest BCUT2D eigenvalue weighted by atomic mass is 9.88. The van der Waals surface area contributed by atoms with Crippen LogP contribution in [0.3, 0.4) is 0 Å². The number of benzene rings is 2. The van der Waals surface area contributed by atoms with Crippen LogP contribution in [0, 0.1) is 6.92 Å². The van der Waals surface area contributed by atoms with Crippen molar-refractivity contribution in [1.29, 1.82) is 0 Å². The van der Waals surface area contributed by atoms with E-state index in [1.807, 2.05) is 30.3 Å². The molecule has 2 aliphatic rings. The van der Waals surface area contributed by atoms with Crippen LogP contribution in [0.1, 0.15) is 53.4 Å². The molecule has 2 aromatic rings. The van der Waals surface area contributed by atoms with E-state index in [0.29, 0.717) is 5.56 Å². The van der Waals surface area contributed by atoms with E-state index in [-0.39, 0.29) is 17.6 Å². The number of ether oxygens (including phenoxy) is 2. The lowest BCUT2D eigenvalue weighted by Crippen LogP contribution is -2.41. The van der Waals surface area contributed by atoms with Crippen LogP contribution in [-0.4, -0.2) is 42.7 Å². The fourth-order valence-corrected chi connectivity index (χ4v) is 4.17. The van der Waals surface area contributed by atoms with Crippen LogP contribution < -0.4 is 10.1 Å². The number of hydrogen-bond donors (Lipinski definition) is 1. The molecule has 2 aromatic carbocycles. The molecule has 0 aromatic heterocycles. The summed E-state index contributed by atoms with van der Waals surface area (Å²) in [6.07, 6.45) is 0.739. The Balaban J connectivity index is 1.50. The molecular weight excluding hydrogens is 364 g/mol. The Morgan fingerprint density at radius 3 is 2.76 bits per heavy atom. The summed E-state index contributed by atoms with van der Waals surface area (Å²) in [4.78, 5) is 15.4. The highest BCUT2D eigenvalue weighted by Gasteiger charge is 2.34. The minimum atomic E-state index is -0.321. The standard InChI is InChI=1S/C24H30N2O3/c1-17-7-8-22-20(13-17)21(15-24(2,3)29-22)25-23(27)19-6-4-5-18(14-19)16-26-9-11-28-12-10-26/h4-8,13-14,21H,9-12,15-16H2,1-3H3,(H,25,27)/t21-/m1/s1. The SMILES string of the molecule is Cc1ccc2c(c1)[C@H](NC(=O)c1cccc(CN3CCOCC3)c1)CC(C)(C)O2. The Morgan fingerprint density at radius 1 is 1.17 bits per heavy atom. The highest BCUT2D eigenvalue weighted by molar-refractivity contribution is 5.94. The first kappa shape index (κ1) is 19.9. The number of fused-ring (bicyclic) bond motifs is 1. The highest BCUT2D eigenvalue weighted by atomic mass is 16.5. The molecule has 4 rings (SSSR count). The van der Waals surface area contributed by atoms with Crippen molar-refractivity contribution in [2.24, 2.45) is 0 Å². The van der Waals surface area contributed by atoms with Gasteiger partial charge in [0.1, 0.15) is 11.4 Å². The van der Waals surface area contributed by atoms with Crippen molar-refractivity contribution in [1.82, 2.24) is 10.2 Å². The number of hydrogen-bond acceptors (Lipinski definition) is 4. The molecule has 1 N–H and O–H groups in total. The van der Waals surface area contributed by atoms with Gasteiger partial charge < -0.3 is 14.8 Å². The fourth-order valence-electron chi connectivity index (χ4n) is 4.17. The number of carbonyl (C=O) groups is 1. The minimum Gasteiger partial charge on any atom is -0.487 e. The molecular formula is C24H30N2O3. The molecule has 2 heterocycles. The Hall–Kier alpha value is -2.37. The van der Waals surface area contributed by atoms with Crippen LogP contribution in [-0.2, 0) is 11.3 Å². The third kappa shape index (κ3) is 4.80. The summed E-state index contributed by atoms with van der Waals surface area (Å²) in [5, 5.41) is 3.25. The second-order valence-electron chi connectivity index (χ2n) is 8.72. The van der Waals surface area contributed by atoms with Gasteiger partial charge in [-0.2, -0.15) is 0 Å². The predicted molar refractivity (Wildman–Crippen MR) is 113 cm³/mol. The second kappa shape index (κ2) is 8.17. The summed E-state index contributed by atoms with van der Waals surface area (Å²) in [6.45, 7) is 10.5. The summed E-state index contributed by atoms with van der Waals surface area (Å²) < 4.78 is 11.6. The topological polar surface area (TPSA) is 50.8 Å². The van der Waals surface area contributed by atoms with Gasteiger partial charge in [-0.15, -0.1) is 0 Å². The van der Waals surface area contributed by atoms with Gasteiger partial charge in [-0.1, -0.05) is 29.8 Å². The monoisotopic (exact) mass is 394 g/mol. The lowest BCUT2D eigenvalue weighted by Gasteiger charge is -2.38. The molecule has 5 nitrogen and oxygen atoms in total. The van der Waals surface area contributed by atoms with E-state index in [0.717, 1.165) is 56.1 Å². The second-order valence-corrected chi connectivity index (χ2v) is 8.72. The van der Waals surface area contributed by atoms with Crippen LogP contribution in [0.5, 0.6) is 5.75 Å². The Morgan fingerprint density at radius 2 is 1.97 bits per heavy atom. The molecule has 0 aliphatic carbocycles. The van der Waals surface area contributed by atoms with Gasteiger partial charge in [0.2, 0.25) is 0 Å². The summed E-state index contributed by atoms with van der Waals surface area (Å²) >= 11 is 0. The Bertz CT molecular complexity index is 887. The van der Waals surface area contributed by atoms with Gasteiger partial charge in [-0.25, -0.2) is 0 Å². The van der Waals surface area contributed by atoms with Gasteiger partial charge in [0.15, 0.2) is 0 Å². The average Bonchev–Trinajstić information content (AvgIpc) is 2.69. The molecule has 154 valence electrons. The van der Waals surface area contributed by atoms with E-state index in [1.165, 1.54) is 5.56 Å². The molecule has 1 amide bonds. The normalized spacial score (nSPS) is 21.1. The van der Waals surface area contributed by atoms with Gasteiger partial charge in [-0.05, 0) is 44.5 Å². The van der Waals surface area contributed by atoms with Gasteiger partial charge in [0.25, 0.3) is 5.91 Å². The number of nitrogens with zero attached hydrogens (tertiary/aromatic N) is 1. The van der Waals surface area contributed by atoms with Crippen molar-refractivity contribution >= 4 is 5.91 Å². The highest BCUT2D eigenvalue weighted by Crippen LogP contribution is 2.40. The zero-order valence-corrected chi connectivity index (χ0v) is 17.5. The first-order valence-electron chi connectivity index (χ1n) is 10.4. The van der Waals surface area contributed by atoms with Gasteiger partial charge in [0.05, 0.1) is 19.3 Å². The average molecular weight is 395 g/mol. The minimum absolute atomic E-state index is 0.0380. The largest absolute Gasteiger partial charge is 0.487 e. The summed E-state index contributed by atoms with van der Waals surface area (Å²) in [6, 6.07) is 14.1. The first-order chi connectivity index (χ1) is 13.9. The molecule has 0 saturated carbocycles.